The van der Waals surface area contributed by atoms with Gasteiger partial charge in [0.1, 0.15) is 0 Å². The topological polar surface area (TPSA) is 71.4 Å². The zero-order chi connectivity index (χ0) is 14.4. The minimum Gasteiger partial charge on any atom is -1.00 e. The number of nitrogens with zero attached hydrogens (tertiary/aromatic N) is 3. The second kappa shape index (κ2) is 38.3. The Labute approximate surface area is 230 Å². The van der Waals surface area contributed by atoms with Gasteiger partial charge in [0.25, 0.3) is 0 Å². The largest absolute Gasteiger partial charge is 1.00 e. The van der Waals surface area contributed by atoms with Crippen molar-refractivity contribution in [3.05, 3.63) is 6.57 Å². The van der Waals surface area contributed by atoms with Crippen molar-refractivity contribution in [1.29, 1.82) is 15.8 Å². The van der Waals surface area contributed by atoms with Gasteiger partial charge in [0, 0.05) is 12.6 Å². The van der Waals surface area contributed by atoms with Crippen molar-refractivity contribution in [2.75, 3.05) is 0 Å². The van der Waals surface area contributed by atoms with Crippen LogP contribution in [0, 0.1) is 34.1 Å². The summed E-state index contributed by atoms with van der Waals surface area (Å²) in [7, 11) is -3.44. The Bertz CT molecular complexity index is 248. The zero-order valence-electron chi connectivity index (χ0n) is 13.6. The first-order valence-electron chi connectivity index (χ1n) is 4.61. The summed E-state index contributed by atoms with van der Waals surface area (Å²) >= 11 is 0. The molecule has 0 saturated carbocycles. The predicted molar refractivity (Wildman–Crippen MR) is 83.1 cm³/mol. The van der Waals surface area contributed by atoms with Crippen LogP contribution in [0.3, 0.4) is 0 Å². The maximum Gasteiger partial charge on any atom is 1.00 e. The average molecular weight is 449 g/mol. The molecule has 21 heavy (non-hydrogen) atoms. The summed E-state index contributed by atoms with van der Waals surface area (Å²) in [6.45, 7) is 17.2. The second-order valence-corrected chi connectivity index (χ2v) is 13.5. The van der Waals surface area contributed by atoms with Gasteiger partial charge in [-0.3, -0.25) is 0 Å². The van der Waals surface area contributed by atoms with Crippen molar-refractivity contribution in [3.8, 4) is 11.8 Å². The SMILES string of the molecule is C.C.CC#N.C[Si](C)(C)C#N.C[Si](C)(C)F.[Br-].[C-]#N.[K+].[K+]. The molecule has 0 aromatic heterocycles. The number of hydrogen-bond donors (Lipinski definition) is 0. The molecule has 0 radical (unpaired) electrons. The fourth-order valence-electron chi connectivity index (χ4n) is 0. The fourth-order valence-corrected chi connectivity index (χ4v) is 0. The number of nitriles is 2. The van der Waals surface area contributed by atoms with E-state index in [2.05, 4.69) is 5.69 Å². The van der Waals surface area contributed by atoms with Gasteiger partial charge in [-0.05, 0) is 19.6 Å². The van der Waals surface area contributed by atoms with Crippen molar-refractivity contribution >= 4 is 16.5 Å². The first-order chi connectivity index (χ1) is 6.97. The summed E-state index contributed by atoms with van der Waals surface area (Å²) in [5.74, 6) is 0. The predicted octanol–water partition coefficient (Wildman–Crippen LogP) is -3.91. The van der Waals surface area contributed by atoms with E-state index in [0.29, 0.717) is 0 Å². The molecule has 0 bridgehead atoms. The normalized spacial score (nSPS) is 6.29. The molecule has 3 nitrogen and oxygen atoms in total. The van der Waals surface area contributed by atoms with E-state index in [9.17, 15) is 4.11 Å². The fraction of sp³-hybridized carbons (Fsp3) is 0.750. The minimum absolute atomic E-state index is 0. The van der Waals surface area contributed by atoms with Crippen molar-refractivity contribution < 1.29 is 124 Å². The van der Waals surface area contributed by atoms with Crippen molar-refractivity contribution in [2.24, 2.45) is 0 Å². The molecule has 116 valence electrons. The number of rotatable bonds is 0. The van der Waals surface area contributed by atoms with Crippen molar-refractivity contribution in [1.82, 2.24) is 0 Å². The van der Waals surface area contributed by atoms with Gasteiger partial charge in [-0.1, -0.05) is 34.5 Å². The van der Waals surface area contributed by atoms with Gasteiger partial charge in [-0.2, -0.15) is 5.26 Å². The Morgan fingerprint density at radius 1 is 0.857 bits per heavy atom. The van der Waals surface area contributed by atoms with Crippen molar-refractivity contribution in [2.45, 2.75) is 61.1 Å². The Morgan fingerprint density at radius 2 is 0.905 bits per heavy atom. The molecule has 0 heterocycles. The van der Waals surface area contributed by atoms with E-state index in [1.165, 1.54) is 6.92 Å². The van der Waals surface area contributed by atoms with Crippen LogP contribution in [-0.4, -0.2) is 16.5 Å². The molecule has 0 N–H and O–H groups in total. The van der Waals surface area contributed by atoms with Gasteiger partial charge in [0.05, 0.1) is 6.07 Å². The summed E-state index contributed by atoms with van der Waals surface area (Å²) in [6, 6.07) is 1.75. The third kappa shape index (κ3) is 307. The Hall–Kier alpha value is 2.59. The van der Waals surface area contributed by atoms with E-state index in [-0.39, 0.29) is 135 Å². The smallest absolute Gasteiger partial charge is 1.00 e. The first kappa shape index (κ1) is 56.6. The first-order valence-corrected chi connectivity index (χ1v) is 11.5. The van der Waals surface area contributed by atoms with Gasteiger partial charge >= 0.3 is 103 Å². The van der Waals surface area contributed by atoms with E-state index >= 15 is 0 Å². The third-order valence-electron chi connectivity index (χ3n) is 0.335. The summed E-state index contributed by atoms with van der Waals surface area (Å²) in [5.41, 5.74) is 2.24. The van der Waals surface area contributed by atoms with Crippen molar-refractivity contribution in [3.63, 3.8) is 0 Å². The van der Waals surface area contributed by atoms with Crippen LogP contribution >= 0.6 is 0 Å². The van der Waals surface area contributed by atoms with E-state index in [1.807, 2.05) is 19.6 Å². The van der Waals surface area contributed by atoms with Crippen LogP contribution in [0.1, 0.15) is 21.8 Å². The van der Waals surface area contributed by atoms with Gasteiger partial charge in [-0.25, -0.2) is 5.26 Å². The molecule has 9 heteroatoms. The third-order valence-corrected chi connectivity index (χ3v) is 1.01. The van der Waals surface area contributed by atoms with Crippen LogP contribution in [0.25, 0.3) is 0 Å². The molecule has 0 saturated heterocycles. The molecule has 0 aromatic rings. The maximum absolute atomic E-state index is 11.8. The molecule has 0 rings (SSSR count). The molecule has 0 unspecified atom stereocenters. The van der Waals surface area contributed by atoms with Gasteiger partial charge in [0.2, 0.25) is 8.41 Å². The molecule has 0 spiro atoms. The van der Waals surface area contributed by atoms with Crippen LogP contribution in [-0.2, 0) is 0 Å². The Morgan fingerprint density at radius 3 is 0.905 bits per heavy atom. The summed E-state index contributed by atoms with van der Waals surface area (Å²) in [6.07, 6.45) is 0. The van der Waals surface area contributed by atoms with Gasteiger partial charge in [-0.15, -0.1) is 0 Å². The van der Waals surface area contributed by atoms with Crippen LogP contribution in [0.4, 0.5) is 4.11 Å². The number of halogens is 2. The molecule has 0 aromatic carbocycles. The van der Waals surface area contributed by atoms with Crippen LogP contribution in [0.15, 0.2) is 0 Å². The monoisotopic (exact) mass is 447 g/mol. The summed E-state index contributed by atoms with van der Waals surface area (Å²) < 4.78 is 11.8. The molecule has 0 atom stereocenters. The summed E-state index contributed by atoms with van der Waals surface area (Å²) in [5, 5.41) is 21.8. The molecule has 0 amide bonds. The zero-order valence-corrected chi connectivity index (χ0v) is 23.4. The Kier molecular flexibility index (Phi) is 103. The standard InChI is InChI=1S/C4H9NSi.C3H9FSi.C2H3N.CN.2CH4.BrH.2K/c1-6(2,3)4-5;1-5(2,3)4;1-2-3;1-2;;;;;/h1-3H3;1-3H3;1H3;;2*1H4;1H;;/q;;;-1;;;;2*+1/p-1. The molecular weight excluding hydrogens is 419 g/mol. The van der Waals surface area contributed by atoms with Crippen LogP contribution in [0.2, 0.25) is 39.3 Å². The quantitative estimate of drug-likeness (QED) is 0.216. The van der Waals surface area contributed by atoms with Gasteiger partial charge < -0.3 is 32.9 Å². The molecular formula is C12H29BrFK2N3Si2. The average Bonchev–Trinajstić information content (AvgIpc) is 2.05. The summed E-state index contributed by atoms with van der Waals surface area (Å²) in [4.78, 5) is 0. The van der Waals surface area contributed by atoms with Gasteiger partial charge in [0.15, 0.2) is 8.07 Å². The molecule has 0 aliphatic carbocycles. The molecule has 0 aliphatic rings. The minimum atomic E-state index is -2.11. The Balaban J connectivity index is -0.0000000128. The van der Waals surface area contributed by atoms with E-state index in [1.54, 1.807) is 25.7 Å². The molecule has 0 fully saturated rings. The van der Waals surface area contributed by atoms with E-state index in [0.717, 1.165) is 0 Å². The van der Waals surface area contributed by atoms with E-state index < -0.39 is 16.5 Å². The second-order valence-electron chi connectivity index (χ2n) is 4.65. The number of hydrogen-bond acceptors (Lipinski definition) is 3. The maximum atomic E-state index is 11.8. The van der Waals surface area contributed by atoms with E-state index in [4.69, 9.17) is 22.4 Å². The van der Waals surface area contributed by atoms with Crippen LogP contribution < -0.4 is 120 Å². The molecule has 0 aliphatic heterocycles. The van der Waals surface area contributed by atoms with Crippen LogP contribution in [0.5, 0.6) is 0 Å².